The molecule has 7 nitrogen and oxygen atoms in total. The van der Waals surface area contributed by atoms with Crippen molar-refractivity contribution in [2.45, 2.75) is 6.61 Å². The van der Waals surface area contributed by atoms with Gasteiger partial charge in [0.15, 0.2) is 13.2 Å². The molecule has 0 aliphatic rings. The summed E-state index contributed by atoms with van der Waals surface area (Å²) in [6.45, 7) is -0.353. The molecule has 0 N–H and O–H groups in total. The molecule has 5 rings (SSSR count). The number of rotatable bonds is 6. The lowest BCUT2D eigenvalue weighted by atomic mass is 10.1. The third kappa shape index (κ3) is 3.60. The number of esters is 1. The zero-order valence-electron chi connectivity index (χ0n) is 15.8. The van der Waals surface area contributed by atoms with E-state index in [1.165, 1.54) is 0 Å². The molecule has 0 spiro atoms. The lowest BCUT2D eigenvalue weighted by molar-refractivity contribution is -0.148. The molecule has 30 heavy (non-hydrogen) atoms. The monoisotopic (exact) mass is 400 g/mol. The Balaban J connectivity index is 1.19. The third-order valence-electron chi connectivity index (χ3n) is 4.55. The van der Waals surface area contributed by atoms with E-state index in [-0.39, 0.29) is 19.1 Å². The van der Waals surface area contributed by atoms with Gasteiger partial charge in [-0.15, -0.1) is 10.2 Å². The fourth-order valence-electron chi connectivity index (χ4n) is 3.13. The Bertz CT molecular complexity index is 1320. The minimum absolute atomic E-state index is 0.118. The molecule has 2 aromatic heterocycles. The molecule has 0 saturated heterocycles. The first-order valence-corrected chi connectivity index (χ1v) is 9.34. The normalized spacial score (nSPS) is 11.1. The molecular weight excluding hydrogens is 384 g/mol. The minimum atomic E-state index is -0.536. The molecule has 0 fully saturated rings. The summed E-state index contributed by atoms with van der Waals surface area (Å²) in [6.07, 6.45) is 0. The zero-order chi connectivity index (χ0) is 20.3. The average molecular weight is 400 g/mol. The van der Waals surface area contributed by atoms with E-state index in [1.54, 1.807) is 6.07 Å². The fourth-order valence-corrected chi connectivity index (χ4v) is 3.13. The van der Waals surface area contributed by atoms with Gasteiger partial charge < -0.3 is 18.3 Å². The number of para-hydroxylation sites is 1. The number of aromatic nitrogens is 2. The van der Waals surface area contributed by atoms with Crippen molar-refractivity contribution in [3.8, 4) is 17.2 Å². The van der Waals surface area contributed by atoms with Crippen LogP contribution in [-0.2, 0) is 16.1 Å². The molecule has 3 aromatic carbocycles. The minimum Gasteiger partial charge on any atom is -0.482 e. The Labute approximate surface area is 170 Å². The molecule has 0 aliphatic heterocycles. The van der Waals surface area contributed by atoms with Crippen molar-refractivity contribution in [2.75, 3.05) is 6.61 Å². The van der Waals surface area contributed by atoms with Crippen LogP contribution in [0.1, 0.15) is 5.89 Å². The largest absolute Gasteiger partial charge is 0.482 e. The second-order valence-electron chi connectivity index (χ2n) is 6.57. The quantitative estimate of drug-likeness (QED) is 0.380. The van der Waals surface area contributed by atoms with Crippen LogP contribution in [0.2, 0.25) is 0 Å². The Morgan fingerprint density at radius 3 is 2.53 bits per heavy atom. The van der Waals surface area contributed by atoms with Crippen molar-refractivity contribution >= 4 is 27.9 Å². The number of carbonyl (C=O) groups is 1. The summed E-state index contributed by atoms with van der Waals surface area (Å²) in [5, 5.41) is 9.77. The number of furan rings is 1. The predicted molar refractivity (Wildman–Crippen MR) is 109 cm³/mol. The number of nitrogens with zero attached hydrogens (tertiary/aromatic N) is 2. The number of carbonyl (C=O) groups excluding carboxylic acids is 1. The Hall–Kier alpha value is -4.13. The summed E-state index contributed by atoms with van der Waals surface area (Å²) in [4.78, 5) is 12.0. The van der Waals surface area contributed by atoms with E-state index in [1.807, 2.05) is 66.7 Å². The van der Waals surface area contributed by atoms with Crippen LogP contribution in [0.4, 0.5) is 0 Å². The van der Waals surface area contributed by atoms with Gasteiger partial charge in [-0.3, -0.25) is 0 Å². The van der Waals surface area contributed by atoms with Crippen molar-refractivity contribution in [2.24, 2.45) is 0 Å². The summed E-state index contributed by atoms with van der Waals surface area (Å²) in [7, 11) is 0. The van der Waals surface area contributed by atoms with Gasteiger partial charge in [0, 0.05) is 16.3 Å². The molecule has 0 saturated carbocycles. The van der Waals surface area contributed by atoms with Gasteiger partial charge in [-0.2, -0.15) is 0 Å². The smallest absolute Gasteiger partial charge is 0.344 e. The van der Waals surface area contributed by atoms with Crippen molar-refractivity contribution < 1.29 is 23.1 Å². The van der Waals surface area contributed by atoms with Gasteiger partial charge in [0.2, 0.25) is 5.89 Å². The molecule has 0 atom stereocenters. The van der Waals surface area contributed by atoms with Crippen LogP contribution < -0.4 is 4.74 Å². The summed E-state index contributed by atoms with van der Waals surface area (Å²) in [5.74, 6) is 0.605. The molecule has 0 bridgehead atoms. The summed E-state index contributed by atoms with van der Waals surface area (Å²) >= 11 is 0. The van der Waals surface area contributed by atoms with Gasteiger partial charge in [-0.1, -0.05) is 36.4 Å². The Morgan fingerprint density at radius 1 is 0.833 bits per heavy atom. The van der Waals surface area contributed by atoms with Crippen molar-refractivity contribution in [3.63, 3.8) is 0 Å². The first kappa shape index (κ1) is 17.9. The van der Waals surface area contributed by atoms with E-state index in [2.05, 4.69) is 10.2 Å². The van der Waals surface area contributed by atoms with E-state index in [0.29, 0.717) is 11.6 Å². The summed E-state index contributed by atoms with van der Waals surface area (Å²) in [5.41, 5.74) is 2.36. The molecule has 0 amide bonds. The molecule has 0 radical (unpaired) electrons. The van der Waals surface area contributed by atoms with E-state index < -0.39 is 5.97 Å². The molecule has 148 valence electrons. The maximum atomic E-state index is 12.0. The second kappa shape index (κ2) is 7.71. The third-order valence-corrected chi connectivity index (χ3v) is 4.55. The Morgan fingerprint density at radius 2 is 1.63 bits per heavy atom. The SMILES string of the molecule is O=C(COc1ccc2oc3ccccc3c2c1)OCc1nnc(-c2ccccc2)o1. The molecule has 5 aromatic rings. The predicted octanol–water partition coefficient (Wildman–Crippen LogP) is 4.76. The number of ether oxygens (including phenoxy) is 2. The van der Waals surface area contributed by atoms with Crippen molar-refractivity contribution in [1.29, 1.82) is 0 Å². The first-order valence-electron chi connectivity index (χ1n) is 9.34. The highest BCUT2D eigenvalue weighted by molar-refractivity contribution is 6.05. The molecule has 0 unspecified atom stereocenters. The van der Waals surface area contributed by atoms with Gasteiger partial charge in [0.05, 0.1) is 0 Å². The van der Waals surface area contributed by atoms with Crippen molar-refractivity contribution in [3.05, 3.63) is 78.7 Å². The standard InChI is InChI=1S/C23H16N2O5/c26-22(28-13-21-24-25-23(30-21)15-6-2-1-3-7-15)14-27-16-10-11-20-18(12-16)17-8-4-5-9-19(17)29-20/h1-12H,13-14H2. The molecule has 2 heterocycles. The molecule has 0 aliphatic carbocycles. The van der Waals surface area contributed by atoms with Crippen LogP contribution >= 0.6 is 0 Å². The number of fused-ring (bicyclic) bond motifs is 3. The number of hydrogen-bond acceptors (Lipinski definition) is 7. The van der Waals surface area contributed by atoms with E-state index in [4.69, 9.17) is 18.3 Å². The summed E-state index contributed by atoms with van der Waals surface area (Å²) in [6, 6.07) is 22.5. The van der Waals surface area contributed by atoms with Gasteiger partial charge in [0.1, 0.15) is 16.9 Å². The van der Waals surface area contributed by atoms with Crippen LogP contribution in [0.5, 0.6) is 5.75 Å². The maximum Gasteiger partial charge on any atom is 0.344 e. The van der Waals surface area contributed by atoms with Gasteiger partial charge in [-0.25, -0.2) is 4.79 Å². The maximum absolute atomic E-state index is 12.0. The fraction of sp³-hybridized carbons (Fsp3) is 0.0870. The van der Waals surface area contributed by atoms with Gasteiger partial charge in [0.25, 0.3) is 5.89 Å². The Kier molecular flexibility index (Phi) is 4.61. The van der Waals surface area contributed by atoms with E-state index in [0.717, 1.165) is 27.5 Å². The van der Waals surface area contributed by atoms with Gasteiger partial charge >= 0.3 is 5.97 Å². The highest BCUT2D eigenvalue weighted by atomic mass is 16.6. The highest BCUT2D eigenvalue weighted by Gasteiger charge is 2.12. The van der Waals surface area contributed by atoms with E-state index >= 15 is 0 Å². The topological polar surface area (TPSA) is 87.6 Å². The van der Waals surface area contributed by atoms with Crippen LogP contribution in [0.15, 0.2) is 81.6 Å². The number of benzene rings is 3. The van der Waals surface area contributed by atoms with Crippen LogP contribution in [0.25, 0.3) is 33.4 Å². The van der Waals surface area contributed by atoms with Gasteiger partial charge in [-0.05, 0) is 36.4 Å². The first-order chi connectivity index (χ1) is 14.8. The summed E-state index contributed by atoms with van der Waals surface area (Å²) < 4.78 is 22.0. The van der Waals surface area contributed by atoms with E-state index in [9.17, 15) is 4.79 Å². The lowest BCUT2D eigenvalue weighted by Crippen LogP contribution is -2.14. The highest BCUT2D eigenvalue weighted by Crippen LogP contribution is 2.31. The molecular formula is C23H16N2O5. The number of hydrogen-bond donors (Lipinski definition) is 0. The zero-order valence-corrected chi connectivity index (χ0v) is 15.8. The van der Waals surface area contributed by atoms with Crippen LogP contribution in [-0.4, -0.2) is 22.8 Å². The van der Waals surface area contributed by atoms with Crippen molar-refractivity contribution in [1.82, 2.24) is 10.2 Å². The molecule has 7 heteroatoms. The van der Waals surface area contributed by atoms with Crippen LogP contribution in [0, 0.1) is 0 Å². The lowest BCUT2D eigenvalue weighted by Gasteiger charge is -2.05. The van der Waals surface area contributed by atoms with Crippen LogP contribution in [0.3, 0.4) is 0 Å². The second-order valence-corrected chi connectivity index (χ2v) is 6.57. The average Bonchev–Trinajstić information content (AvgIpc) is 3.41.